The third kappa shape index (κ3) is 5.56. The molecule has 0 spiro atoms. The fourth-order valence-electron chi connectivity index (χ4n) is 1.49. The second kappa shape index (κ2) is 6.85. The molecule has 8 heteroatoms. The van der Waals surface area contributed by atoms with E-state index in [1.54, 1.807) is 0 Å². The Morgan fingerprint density at radius 3 is 2.68 bits per heavy atom. The van der Waals surface area contributed by atoms with Crippen LogP contribution in [0.4, 0.5) is 13.2 Å². The molecule has 0 saturated heterocycles. The summed E-state index contributed by atoms with van der Waals surface area (Å²) in [6, 6.07) is 0. The third-order valence-electron chi connectivity index (χ3n) is 2.53. The van der Waals surface area contributed by atoms with Gasteiger partial charge in [0, 0.05) is 13.0 Å². The van der Waals surface area contributed by atoms with Crippen molar-refractivity contribution >= 4 is 0 Å². The van der Waals surface area contributed by atoms with E-state index in [1.807, 2.05) is 6.92 Å². The predicted octanol–water partition coefficient (Wildman–Crippen LogP) is 1.77. The molecule has 0 amide bonds. The highest BCUT2D eigenvalue weighted by molar-refractivity contribution is 4.86. The van der Waals surface area contributed by atoms with Gasteiger partial charge in [0.1, 0.15) is 0 Å². The van der Waals surface area contributed by atoms with Gasteiger partial charge in [-0.25, -0.2) is 0 Å². The normalized spacial score (nSPS) is 14.1. The molecule has 1 heterocycles. The number of likely N-dealkylation sites (N-methyl/N-ethyl adjacent to an activating group) is 1. The van der Waals surface area contributed by atoms with Gasteiger partial charge < -0.3 is 9.63 Å². The van der Waals surface area contributed by atoms with E-state index < -0.39 is 18.8 Å². The maximum atomic E-state index is 12.2. The molecule has 1 rings (SSSR count). The van der Waals surface area contributed by atoms with E-state index in [2.05, 4.69) is 10.1 Å². The molecule has 1 unspecified atom stereocenters. The molecule has 0 saturated carbocycles. The van der Waals surface area contributed by atoms with Crippen molar-refractivity contribution in [1.29, 1.82) is 0 Å². The maximum absolute atomic E-state index is 12.2. The number of aliphatic hydroxyl groups is 1. The molecule has 110 valence electrons. The van der Waals surface area contributed by atoms with Crippen LogP contribution in [0, 0.1) is 0 Å². The van der Waals surface area contributed by atoms with Crippen LogP contribution in [0.2, 0.25) is 0 Å². The molecule has 0 bridgehead atoms. The van der Waals surface area contributed by atoms with Gasteiger partial charge in [-0.3, -0.25) is 4.90 Å². The summed E-state index contributed by atoms with van der Waals surface area (Å²) in [6.07, 6.45) is -4.40. The Labute approximate surface area is 109 Å². The van der Waals surface area contributed by atoms with Crippen molar-refractivity contribution in [2.45, 2.75) is 45.0 Å². The van der Waals surface area contributed by atoms with E-state index in [0.717, 1.165) is 12.8 Å². The van der Waals surface area contributed by atoms with Crippen LogP contribution in [0.1, 0.15) is 31.5 Å². The summed E-state index contributed by atoms with van der Waals surface area (Å²) in [5.74, 6) is 0.810. The molecule has 1 aromatic heterocycles. The largest absolute Gasteiger partial charge is 0.415 e. The highest BCUT2D eigenvalue weighted by Gasteiger charge is 2.38. The van der Waals surface area contributed by atoms with Crippen LogP contribution < -0.4 is 0 Å². The topological polar surface area (TPSA) is 62.4 Å². The number of aliphatic hydroxyl groups excluding tert-OH is 1. The van der Waals surface area contributed by atoms with Crippen LogP contribution in [-0.2, 0) is 13.0 Å². The standard InChI is InChI=1S/C11H18F3N3O2/c1-3-4-5-10-15-9(16-19-10)7-17(2)6-8(18)11(12,13)14/h8,18H,3-7H2,1-2H3. The Morgan fingerprint density at radius 1 is 1.42 bits per heavy atom. The summed E-state index contributed by atoms with van der Waals surface area (Å²) >= 11 is 0. The van der Waals surface area contributed by atoms with Crippen LogP contribution >= 0.6 is 0 Å². The average molecular weight is 281 g/mol. The van der Waals surface area contributed by atoms with E-state index in [4.69, 9.17) is 9.63 Å². The molecule has 19 heavy (non-hydrogen) atoms. The first-order chi connectivity index (χ1) is 8.82. The highest BCUT2D eigenvalue weighted by atomic mass is 19.4. The van der Waals surface area contributed by atoms with Gasteiger partial charge in [-0.1, -0.05) is 18.5 Å². The Morgan fingerprint density at radius 2 is 2.11 bits per heavy atom. The first kappa shape index (κ1) is 15.9. The highest BCUT2D eigenvalue weighted by Crippen LogP contribution is 2.20. The number of aryl methyl sites for hydroxylation is 1. The van der Waals surface area contributed by atoms with Gasteiger partial charge in [-0.05, 0) is 13.5 Å². The first-order valence-electron chi connectivity index (χ1n) is 6.07. The number of aromatic nitrogens is 2. The molecule has 0 aliphatic heterocycles. The summed E-state index contributed by atoms with van der Waals surface area (Å²) < 4.78 is 41.5. The van der Waals surface area contributed by atoms with Crippen LogP contribution in [-0.4, -0.2) is 46.0 Å². The molecule has 0 aromatic carbocycles. The number of hydrogen-bond acceptors (Lipinski definition) is 5. The lowest BCUT2D eigenvalue weighted by Gasteiger charge is -2.20. The molecular weight excluding hydrogens is 263 g/mol. The van der Waals surface area contributed by atoms with E-state index >= 15 is 0 Å². The molecule has 0 radical (unpaired) electrons. The predicted molar refractivity (Wildman–Crippen MR) is 61.3 cm³/mol. The summed E-state index contributed by atoms with van der Waals surface area (Å²) in [6.45, 7) is 1.61. The van der Waals surface area contributed by atoms with Crippen molar-refractivity contribution in [3.63, 3.8) is 0 Å². The maximum Gasteiger partial charge on any atom is 0.415 e. The Hall–Kier alpha value is -1.15. The van der Waals surface area contributed by atoms with Crippen molar-refractivity contribution in [2.75, 3.05) is 13.6 Å². The molecule has 1 atom stereocenters. The smallest absolute Gasteiger partial charge is 0.382 e. The molecule has 1 aromatic rings. The monoisotopic (exact) mass is 281 g/mol. The minimum Gasteiger partial charge on any atom is -0.382 e. The summed E-state index contributed by atoms with van der Waals surface area (Å²) in [4.78, 5) is 5.37. The summed E-state index contributed by atoms with van der Waals surface area (Å²) in [7, 11) is 1.46. The number of hydrogen-bond donors (Lipinski definition) is 1. The Kier molecular flexibility index (Phi) is 5.74. The molecule has 0 aliphatic carbocycles. The van der Waals surface area contributed by atoms with Crippen molar-refractivity contribution in [3.05, 3.63) is 11.7 Å². The SMILES string of the molecule is CCCCc1nc(CN(C)CC(O)C(F)(F)F)no1. The molecule has 5 nitrogen and oxygen atoms in total. The van der Waals surface area contributed by atoms with Crippen molar-refractivity contribution in [2.24, 2.45) is 0 Å². The van der Waals surface area contributed by atoms with Crippen LogP contribution in [0.25, 0.3) is 0 Å². The van der Waals surface area contributed by atoms with Gasteiger partial charge in [-0.15, -0.1) is 0 Å². The van der Waals surface area contributed by atoms with Gasteiger partial charge in [-0.2, -0.15) is 18.2 Å². The van der Waals surface area contributed by atoms with Crippen molar-refractivity contribution < 1.29 is 22.8 Å². The third-order valence-corrected chi connectivity index (χ3v) is 2.53. The molecule has 0 fully saturated rings. The zero-order valence-corrected chi connectivity index (χ0v) is 10.9. The van der Waals surface area contributed by atoms with Gasteiger partial charge in [0.2, 0.25) is 5.89 Å². The molecular formula is C11H18F3N3O2. The molecule has 0 aliphatic rings. The second-order valence-corrected chi connectivity index (χ2v) is 4.46. The minimum absolute atomic E-state index is 0.1000. The number of rotatable bonds is 7. The quantitative estimate of drug-likeness (QED) is 0.825. The van der Waals surface area contributed by atoms with E-state index in [1.165, 1.54) is 11.9 Å². The van der Waals surface area contributed by atoms with Crippen molar-refractivity contribution in [1.82, 2.24) is 15.0 Å². The lowest BCUT2D eigenvalue weighted by Crippen LogP contribution is -2.39. The van der Waals surface area contributed by atoms with Crippen molar-refractivity contribution in [3.8, 4) is 0 Å². The van der Waals surface area contributed by atoms with E-state index in [0.29, 0.717) is 18.1 Å². The zero-order chi connectivity index (χ0) is 14.5. The van der Waals surface area contributed by atoms with Crippen LogP contribution in [0.15, 0.2) is 4.52 Å². The second-order valence-electron chi connectivity index (χ2n) is 4.46. The number of halogens is 3. The zero-order valence-electron chi connectivity index (χ0n) is 10.9. The van der Waals surface area contributed by atoms with Crippen LogP contribution in [0.3, 0.4) is 0 Å². The number of alkyl halides is 3. The van der Waals surface area contributed by atoms with Gasteiger partial charge in [0.15, 0.2) is 11.9 Å². The van der Waals surface area contributed by atoms with Crippen LogP contribution in [0.5, 0.6) is 0 Å². The van der Waals surface area contributed by atoms with Gasteiger partial charge in [0.25, 0.3) is 0 Å². The minimum atomic E-state index is -4.61. The summed E-state index contributed by atoms with van der Waals surface area (Å²) in [5.41, 5.74) is 0. The van der Waals surface area contributed by atoms with Gasteiger partial charge >= 0.3 is 6.18 Å². The van der Waals surface area contributed by atoms with E-state index in [9.17, 15) is 13.2 Å². The Bertz CT molecular complexity index is 382. The lowest BCUT2D eigenvalue weighted by atomic mass is 10.2. The molecule has 1 N–H and O–H groups in total. The first-order valence-corrected chi connectivity index (χ1v) is 6.07. The van der Waals surface area contributed by atoms with Gasteiger partial charge in [0.05, 0.1) is 6.54 Å². The number of unbranched alkanes of at least 4 members (excludes halogenated alkanes) is 1. The Balaban J connectivity index is 2.44. The fraction of sp³-hybridized carbons (Fsp3) is 0.818. The van der Waals surface area contributed by atoms with E-state index in [-0.39, 0.29) is 6.54 Å². The fourth-order valence-corrected chi connectivity index (χ4v) is 1.49. The lowest BCUT2D eigenvalue weighted by molar-refractivity contribution is -0.207. The summed E-state index contributed by atoms with van der Waals surface area (Å²) in [5, 5.41) is 12.6. The average Bonchev–Trinajstić information content (AvgIpc) is 2.72. The number of nitrogens with zero attached hydrogens (tertiary/aromatic N) is 3.